The summed E-state index contributed by atoms with van der Waals surface area (Å²) in [4.78, 5) is 8.26. The van der Waals surface area contributed by atoms with Crippen LogP contribution in [0.1, 0.15) is 50.3 Å². The van der Waals surface area contributed by atoms with Crippen molar-refractivity contribution in [2.45, 2.75) is 52.0 Å². The molecular formula is C15H27N3S. The summed E-state index contributed by atoms with van der Waals surface area (Å²) in [6, 6.07) is 0. The first-order valence-corrected chi connectivity index (χ1v) is 8.47. The number of nitrogens with one attached hydrogen (secondary N) is 1. The van der Waals surface area contributed by atoms with E-state index >= 15 is 0 Å². The lowest BCUT2D eigenvalue weighted by atomic mass is 9.89. The second kappa shape index (κ2) is 7.85. The number of hydrogen-bond donors (Lipinski definition) is 1. The van der Waals surface area contributed by atoms with Crippen molar-refractivity contribution in [3.8, 4) is 0 Å². The number of thiazole rings is 1. The van der Waals surface area contributed by atoms with E-state index in [2.05, 4.69) is 29.2 Å². The van der Waals surface area contributed by atoms with E-state index in [0.717, 1.165) is 19.0 Å². The molecule has 0 aromatic carbocycles. The van der Waals surface area contributed by atoms with Crippen molar-refractivity contribution >= 4 is 16.5 Å². The predicted molar refractivity (Wildman–Crippen MR) is 84.0 cm³/mol. The summed E-state index contributed by atoms with van der Waals surface area (Å²) in [6.45, 7) is 5.42. The number of nitrogens with zero attached hydrogens (tertiary/aromatic N) is 2. The Bertz CT molecular complexity index is 358. The summed E-state index contributed by atoms with van der Waals surface area (Å²) in [5, 5.41) is 4.62. The third-order valence-corrected chi connectivity index (χ3v) is 4.96. The zero-order chi connectivity index (χ0) is 13.5. The van der Waals surface area contributed by atoms with Gasteiger partial charge >= 0.3 is 0 Å². The SMILES string of the molecule is CCCNCc1cnc(N(C)CC2CCCCC2)s1. The molecule has 1 aromatic heterocycles. The third kappa shape index (κ3) is 4.77. The molecule has 1 N–H and O–H groups in total. The molecule has 1 aromatic rings. The molecule has 108 valence electrons. The molecule has 2 rings (SSSR count). The van der Waals surface area contributed by atoms with Crippen molar-refractivity contribution in [3.05, 3.63) is 11.1 Å². The van der Waals surface area contributed by atoms with Crippen molar-refractivity contribution < 1.29 is 0 Å². The van der Waals surface area contributed by atoms with E-state index in [1.807, 2.05) is 17.5 Å². The van der Waals surface area contributed by atoms with Crippen LogP contribution in [0.4, 0.5) is 5.13 Å². The van der Waals surface area contributed by atoms with Crippen LogP contribution in [0.2, 0.25) is 0 Å². The van der Waals surface area contributed by atoms with Crippen LogP contribution in [-0.2, 0) is 6.54 Å². The average molecular weight is 281 g/mol. The Kier molecular flexibility index (Phi) is 6.11. The zero-order valence-corrected chi connectivity index (χ0v) is 13.1. The van der Waals surface area contributed by atoms with Crippen molar-refractivity contribution in [2.75, 3.05) is 25.0 Å². The quantitative estimate of drug-likeness (QED) is 0.773. The Balaban J connectivity index is 1.79. The van der Waals surface area contributed by atoms with Crippen molar-refractivity contribution in [1.82, 2.24) is 10.3 Å². The largest absolute Gasteiger partial charge is 0.351 e. The number of aromatic nitrogens is 1. The van der Waals surface area contributed by atoms with E-state index in [1.165, 1.54) is 55.1 Å². The van der Waals surface area contributed by atoms with Gasteiger partial charge in [0, 0.05) is 31.2 Å². The molecule has 1 fully saturated rings. The summed E-state index contributed by atoms with van der Waals surface area (Å²) in [6.07, 6.45) is 10.3. The first-order valence-electron chi connectivity index (χ1n) is 7.66. The van der Waals surface area contributed by atoms with Crippen molar-refractivity contribution in [3.63, 3.8) is 0 Å². The summed E-state index contributed by atoms with van der Waals surface area (Å²) in [5.74, 6) is 0.879. The second-order valence-electron chi connectivity index (χ2n) is 5.67. The van der Waals surface area contributed by atoms with Gasteiger partial charge in [0.1, 0.15) is 0 Å². The highest BCUT2D eigenvalue weighted by molar-refractivity contribution is 7.15. The predicted octanol–water partition coefficient (Wildman–Crippen LogP) is 3.66. The fraction of sp³-hybridized carbons (Fsp3) is 0.800. The van der Waals surface area contributed by atoms with Gasteiger partial charge in [-0.25, -0.2) is 4.98 Å². The molecule has 4 heteroatoms. The van der Waals surface area contributed by atoms with Gasteiger partial charge in [-0.3, -0.25) is 0 Å². The minimum Gasteiger partial charge on any atom is -0.351 e. The minimum absolute atomic E-state index is 0.879. The molecule has 1 heterocycles. The maximum Gasteiger partial charge on any atom is 0.185 e. The van der Waals surface area contributed by atoms with Crippen LogP contribution in [0, 0.1) is 5.92 Å². The molecule has 1 aliphatic carbocycles. The highest BCUT2D eigenvalue weighted by Gasteiger charge is 2.17. The standard InChI is InChI=1S/C15H27N3S/c1-3-9-16-10-14-11-17-15(19-14)18(2)12-13-7-5-4-6-8-13/h11,13,16H,3-10,12H2,1-2H3. The fourth-order valence-corrected chi connectivity index (χ4v) is 3.63. The summed E-state index contributed by atoms with van der Waals surface area (Å²) in [7, 11) is 2.19. The Morgan fingerprint density at radius 3 is 2.89 bits per heavy atom. The van der Waals surface area contributed by atoms with Gasteiger partial charge < -0.3 is 10.2 Å². The fourth-order valence-electron chi connectivity index (χ4n) is 2.78. The van der Waals surface area contributed by atoms with E-state index in [-0.39, 0.29) is 0 Å². The third-order valence-electron chi connectivity index (χ3n) is 3.85. The van der Waals surface area contributed by atoms with Gasteiger partial charge in [0.15, 0.2) is 5.13 Å². The van der Waals surface area contributed by atoms with Crippen LogP contribution in [0.15, 0.2) is 6.20 Å². The second-order valence-corrected chi connectivity index (χ2v) is 6.76. The molecule has 0 aliphatic heterocycles. The summed E-state index contributed by atoms with van der Waals surface area (Å²) < 4.78 is 0. The molecule has 0 saturated heterocycles. The number of rotatable bonds is 7. The van der Waals surface area contributed by atoms with Crippen LogP contribution >= 0.6 is 11.3 Å². The van der Waals surface area contributed by atoms with Crippen LogP contribution in [0.5, 0.6) is 0 Å². The molecule has 0 spiro atoms. The van der Waals surface area contributed by atoms with Gasteiger partial charge in [0.2, 0.25) is 0 Å². The smallest absolute Gasteiger partial charge is 0.185 e. The highest BCUT2D eigenvalue weighted by atomic mass is 32.1. The molecule has 0 radical (unpaired) electrons. The molecule has 0 amide bonds. The first-order chi connectivity index (χ1) is 9.29. The molecule has 19 heavy (non-hydrogen) atoms. The van der Waals surface area contributed by atoms with E-state index in [0.29, 0.717) is 0 Å². The molecule has 0 bridgehead atoms. The van der Waals surface area contributed by atoms with Crippen molar-refractivity contribution in [1.29, 1.82) is 0 Å². The topological polar surface area (TPSA) is 28.2 Å². The Morgan fingerprint density at radius 2 is 2.16 bits per heavy atom. The zero-order valence-electron chi connectivity index (χ0n) is 12.3. The van der Waals surface area contributed by atoms with Gasteiger partial charge in [-0.1, -0.05) is 26.2 Å². The van der Waals surface area contributed by atoms with Gasteiger partial charge in [0.05, 0.1) is 0 Å². The normalized spacial score (nSPS) is 16.7. The Labute approximate surface area is 121 Å². The van der Waals surface area contributed by atoms with E-state index in [4.69, 9.17) is 0 Å². The highest BCUT2D eigenvalue weighted by Crippen LogP contribution is 2.27. The summed E-state index contributed by atoms with van der Waals surface area (Å²) >= 11 is 1.83. The average Bonchev–Trinajstić information content (AvgIpc) is 2.89. The number of hydrogen-bond acceptors (Lipinski definition) is 4. The summed E-state index contributed by atoms with van der Waals surface area (Å²) in [5.41, 5.74) is 0. The van der Waals surface area contributed by atoms with Gasteiger partial charge in [-0.05, 0) is 31.7 Å². The van der Waals surface area contributed by atoms with Gasteiger partial charge in [0.25, 0.3) is 0 Å². The molecule has 3 nitrogen and oxygen atoms in total. The maximum absolute atomic E-state index is 4.56. The molecule has 0 unspecified atom stereocenters. The van der Waals surface area contributed by atoms with Crippen LogP contribution in [0.25, 0.3) is 0 Å². The maximum atomic E-state index is 4.56. The van der Waals surface area contributed by atoms with Crippen LogP contribution in [0.3, 0.4) is 0 Å². The van der Waals surface area contributed by atoms with Crippen LogP contribution in [-0.4, -0.2) is 25.1 Å². The molecule has 1 saturated carbocycles. The lowest BCUT2D eigenvalue weighted by Gasteiger charge is -2.26. The molecular weight excluding hydrogens is 254 g/mol. The van der Waals surface area contributed by atoms with E-state index < -0.39 is 0 Å². The molecule has 1 aliphatic rings. The van der Waals surface area contributed by atoms with Crippen LogP contribution < -0.4 is 10.2 Å². The monoisotopic (exact) mass is 281 g/mol. The lowest BCUT2D eigenvalue weighted by Crippen LogP contribution is -2.26. The van der Waals surface area contributed by atoms with E-state index in [9.17, 15) is 0 Å². The van der Waals surface area contributed by atoms with Gasteiger partial charge in [-0.15, -0.1) is 11.3 Å². The van der Waals surface area contributed by atoms with E-state index in [1.54, 1.807) is 0 Å². The Hall–Kier alpha value is -0.610. The first kappa shape index (κ1) is 14.8. The van der Waals surface area contributed by atoms with Crippen molar-refractivity contribution in [2.24, 2.45) is 5.92 Å². The Morgan fingerprint density at radius 1 is 1.37 bits per heavy atom. The van der Waals surface area contributed by atoms with Gasteiger partial charge in [-0.2, -0.15) is 0 Å². The molecule has 0 atom stereocenters. The lowest BCUT2D eigenvalue weighted by molar-refractivity contribution is 0.362. The minimum atomic E-state index is 0.879. The number of anilines is 1.